The van der Waals surface area contributed by atoms with Gasteiger partial charge in [0.2, 0.25) is 0 Å². The standard InChI is InChI=1S/C50H41N3/c1-5-18-44-45-25-14-9-15-28-47(45)53(46(44)6-2)41-31-29-37(30-32-41)42-26-17-27-43(34(42)3)49-35(4)48(51-50(52-49)38-21-12-8-13-22-38)40-24-16-23-39(33-40)36-19-10-7-11-20-36/h5-8,10-33H,2,9H2,1,3-4H3/b18-5-. The number of fused-ring (bicyclic) bond motifs is 1. The van der Waals surface area contributed by atoms with Crippen LogP contribution in [-0.2, 0) is 0 Å². The fraction of sp³-hybridized carbons (Fsp3) is 0.0800. The van der Waals surface area contributed by atoms with Gasteiger partial charge in [0.05, 0.1) is 22.8 Å². The molecule has 0 saturated heterocycles. The number of hydrogen-bond donors (Lipinski definition) is 0. The molecular weight excluding hydrogens is 643 g/mol. The maximum absolute atomic E-state index is 5.27. The maximum Gasteiger partial charge on any atom is 0.160 e. The predicted molar refractivity (Wildman–Crippen MR) is 225 cm³/mol. The van der Waals surface area contributed by atoms with Gasteiger partial charge in [0.25, 0.3) is 0 Å². The van der Waals surface area contributed by atoms with Gasteiger partial charge in [-0.1, -0.05) is 146 Å². The summed E-state index contributed by atoms with van der Waals surface area (Å²) in [4.78, 5) is 10.5. The van der Waals surface area contributed by atoms with E-state index in [0.717, 1.165) is 62.6 Å². The highest BCUT2D eigenvalue weighted by Crippen LogP contribution is 2.39. The van der Waals surface area contributed by atoms with Crippen molar-refractivity contribution in [2.75, 3.05) is 0 Å². The van der Waals surface area contributed by atoms with Crippen LogP contribution in [0.5, 0.6) is 0 Å². The molecule has 2 aromatic heterocycles. The van der Waals surface area contributed by atoms with Crippen LogP contribution in [0.1, 0.15) is 47.0 Å². The van der Waals surface area contributed by atoms with Crippen LogP contribution in [0.2, 0.25) is 0 Å². The van der Waals surface area contributed by atoms with Gasteiger partial charge in [0.1, 0.15) is 0 Å². The van der Waals surface area contributed by atoms with Crippen molar-refractivity contribution < 1.29 is 0 Å². The lowest BCUT2D eigenvalue weighted by atomic mass is 9.92. The Morgan fingerprint density at radius 3 is 1.98 bits per heavy atom. The first-order valence-corrected chi connectivity index (χ1v) is 18.2. The zero-order valence-corrected chi connectivity index (χ0v) is 30.4. The summed E-state index contributed by atoms with van der Waals surface area (Å²) in [5, 5.41) is 0. The average molecular weight is 684 g/mol. The van der Waals surface area contributed by atoms with Crippen molar-refractivity contribution >= 4 is 24.3 Å². The number of nitrogens with zero attached hydrogens (tertiary/aromatic N) is 3. The number of rotatable bonds is 8. The molecule has 0 unspecified atom stereocenters. The third-order valence-electron chi connectivity index (χ3n) is 10.1. The number of hydrogen-bond acceptors (Lipinski definition) is 2. The van der Waals surface area contributed by atoms with E-state index in [1.165, 1.54) is 33.5 Å². The molecule has 2 heterocycles. The predicted octanol–water partition coefficient (Wildman–Crippen LogP) is 13.3. The molecule has 0 N–H and O–H groups in total. The first-order chi connectivity index (χ1) is 26.1. The molecule has 0 saturated carbocycles. The second kappa shape index (κ2) is 14.6. The number of allylic oxidation sites excluding steroid dienone is 3. The summed E-state index contributed by atoms with van der Waals surface area (Å²) in [6.45, 7) is 10.6. The lowest BCUT2D eigenvalue weighted by molar-refractivity contribution is 1.04. The highest BCUT2D eigenvalue weighted by molar-refractivity contribution is 5.85. The second-order valence-electron chi connectivity index (χ2n) is 13.4. The highest BCUT2D eigenvalue weighted by atomic mass is 15.0. The summed E-state index contributed by atoms with van der Waals surface area (Å²) in [6, 6.07) is 44.9. The molecule has 8 rings (SSSR count). The van der Waals surface area contributed by atoms with Crippen LogP contribution in [0.25, 0.3) is 86.1 Å². The molecule has 53 heavy (non-hydrogen) atoms. The first kappa shape index (κ1) is 33.6. The summed E-state index contributed by atoms with van der Waals surface area (Å²) in [6.07, 6.45) is 16.1. The average Bonchev–Trinajstić information content (AvgIpc) is 3.31. The molecule has 0 amide bonds. The Kier molecular flexibility index (Phi) is 9.23. The Morgan fingerprint density at radius 2 is 1.25 bits per heavy atom. The van der Waals surface area contributed by atoms with E-state index < -0.39 is 0 Å². The summed E-state index contributed by atoms with van der Waals surface area (Å²) in [5.41, 5.74) is 17.7. The zero-order valence-electron chi connectivity index (χ0n) is 30.4. The van der Waals surface area contributed by atoms with Gasteiger partial charge in [-0.3, -0.25) is 0 Å². The van der Waals surface area contributed by atoms with Gasteiger partial charge in [-0.25, -0.2) is 9.97 Å². The third kappa shape index (κ3) is 6.32. The fourth-order valence-electron chi connectivity index (χ4n) is 7.50. The molecule has 0 radical (unpaired) electrons. The minimum atomic E-state index is 0.713. The number of benzene rings is 5. The number of aromatic nitrogens is 3. The Labute approximate surface area is 312 Å². The Bertz CT molecular complexity index is 2550. The van der Waals surface area contributed by atoms with Crippen molar-refractivity contribution in [3.05, 3.63) is 186 Å². The molecule has 7 aromatic rings. The van der Waals surface area contributed by atoms with Crippen LogP contribution in [0, 0.1) is 13.8 Å². The summed E-state index contributed by atoms with van der Waals surface area (Å²) < 4.78 is 2.32. The van der Waals surface area contributed by atoms with Gasteiger partial charge >= 0.3 is 0 Å². The molecular formula is C50H41N3. The van der Waals surface area contributed by atoms with Crippen molar-refractivity contribution in [2.24, 2.45) is 0 Å². The maximum atomic E-state index is 5.27. The lowest BCUT2D eigenvalue weighted by Gasteiger charge is -2.18. The van der Waals surface area contributed by atoms with Crippen LogP contribution >= 0.6 is 0 Å². The molecule has 3 nitrogen and oxygen atoms in total. The van der Waals surface area contributed by atoms with E-state index in [1.54, 1.807) is 0 Å². The van der Waals surface area contributed by atoms with Gasteiger partial charge in [-0.05, 0) is 85.4 Å². The van der Waals surface area contributed by atoms with E-state index in [4.69, 9.17) is 9.97 Å². The molecule has 5 aromatic carbocycles. The molecule has 0 spiro atoms. The molecule has 0 fully saturated rings. The van der Waals surface area contributed by atoms with Gasteiger partial charge < -0.3 is 4.57 Å². The van der Waals surface area contributed by atoms with Gasteiger partial charge in [0.15, 0.2) is 5.82 Å². The molecule has 0 atom stereocenters. The third-order valence-corrected chi connectivity index (χ3v) is 10.1. The molecule has 3 heteroatoms. The monoisotopic (exact) mass is 683 g/mol. The van der Waals surface area contributed by atoms with Crippen molar-refractivity contribution in [1.82, 2.24) is 14.5 Å². The van der Waals surface area contributed by atoms with Crippen molar-refractivity contribution in [2.45, 2.75) is 27.2 Å². The van der Waals surface area contributed by atoms with Crippen LogP contribution < -0.4 is 0 Å². The van der Waals surface area contributed by atoms with E-state index in [2.05, 4.69) is 178 Å². The molecule has 1 aliphatic rings. The van der Waals surface area contributed by atoms with Gasteiger partial charge in [0, 0.05) is 39.1 Å². The quantitative estimate of drug-likeness (QED) is 0.160. The summed E-state index contributed by atoms with van der Waals surface area (Å²) in [5.74, 6) is 0.713. The Morgan fingerprint density at radius 1 is 0.604 bits per heavy atom. The first-order valence-electron chi connectivity index (χ1n) is 18.2. The van der Waals surface area contributed by atoms with Gasteiger partial charge in [-0.2, -0.15) is 0 Å². The van der Waals surface area contributed by atoms with E-state index in [0.29, 0.717) is 5.82 Å². The van der Waals surface area contributed by atoms with Crippen molar-refractivity contribution in [3.8, 4) is 61.8 Å². The Balaban J connectivity index is 1.24. The Hall–Kier alpha value is -6.58. The summed E-state index contributed by atoms with van der Waals surface area (Å²) >= 11 is 0. The highest BCUT2D eigenvalue weighted by Gasteiger charge is 2.21. The minimum Gasteiger partial charge on any atom is -0.309 e. The minimum absolute atomic E-state index is 0.713. The summed E-state index contributed by atoms with van der Waals surface area (Å²) in [7, 11) is 0. The van der Waals surface area contributed by atoms with Crippen LogP contribution in [-0.4, -0.2) is 14.5 Å². The normalized spacial score (nSPS) is 12.2. The van der Waals surface area contributed by atoms with Crippen molar-refractivity contribution in [3.63, 3.8) is 0 Å². The largest absolute Gasteiger partial charge is 0.309 e. The van der Waals surface area contributed by atoms with Gasteiger partial charge in [-0.15, -0.1) is 0 Å². The van der Waals surface area contributed by atoms with Crippen LogP contribution in [0.4, 0.5) is 0 Å². The van der Waals surface area contributed by atoms with E-state index in [9.17, 15) is 0 Å². The van der Waals surface area contributed by atoms with Crippen molar-refractivity contribution in [1.29, 1.82) is 0 Å². The van der Waals surface area contributed by atoms with E-state index >= 15 is 0 Å². The van der Waals surface area contributed by atoms with Crippen LogP contribution in [0.15, 0.2) is 152 Å². The molecule has 1 aliphatic carbocycles. The van der Waals surface area contributed by atoms with E-state index in [-0.39, 0.29) is 0 Å². The lowest BCUT2D eigenvalue weighted by Crippen LogP contribution is -2.02. The van der Waals surface area contributed by atoms with Crippen LogP contribution in [0.3, 0.4) is 0 Å². The SMILES string of the molecule is C=Cc1c(/C=C\C)c2c(n1-c1ccc(-c3cccc(-c4nc(-c5ccccc5)nc(-c5cccc(-c6ccccc6)c5)c4C)c3C)cc1)C=CCC=C2. The smallest absolute Gasteiger partial charge is 0.160 e. The topological polar surface area (TPSA) is 30.7 Å². The molecule has 0 bridgehead atoms. The zero-order chi connectivity index (χ0) is 36.3. The molecule has 256 valence electrons. The second-order valence-corrected chi connectivity index (χ2v) is 13.4. The molecule has 0 aliphatic heterocycles. The fourth-order valence-corrected chi connectivity index (χ4v) is 7.50. The van der Waals surface area contributed by atoms with E-state index in [1.807, 2.05) is 24.3 Å².